The highest BCUT2D eigenvalue weighted by atomic mass is 16.2. The lowest BCUT2D eigenvalue weighted by molar-refractivity contribution is 0.182. The first-order valence-corrected chi connectivity index (χ1v) is 7.69. The molecule has 1 saturated heterocycles. The van der Waals surface area contributed by atoms with Crippen molar-refractivity contribution in [2.24, 2.45) is 5.73 Å². The molecule has 1 aromatic carbocycles. The van der Waals surface area contributed by atoms with Crippen LogP contribution in [0.1, 0.15) is 25.3 Å². The molecule has 0 aliphatic carbocycles. The number of nitrogens with two attached hydrogens (primary N) is 1. The van der Waals surface area contributed by atoms with Crippen molar-refractivity contribution in [1.29, 1.82) is 0 Å². The largest absolute Gasteiger partial charge is 0.326 e. The third-order valence-electron chi connectivity index (χ3n) is 4.05. The maximum Gasteiger partial charge on any atom is 0.322 e. The second kappa shape index (κ2) is 7.43. The molecule has 0 radical (unpaired) electrons. The monoisotopic (exact) mass is 290 g/mol. The highest BCUT2D eigenvalue weighted by Crippen LogP contribution is 2.16. The van der Waals surface area contributed by atoms with E-state index in [0.717, 1.165) is 43.7 Å². The van der Waals surface area contributed by atoms with Gasteiger partial charge in [0.15, 0.2) is 0 Å². The minimum absolute atomic E-state index is 0.00804. The van der Waals surface area contributed by atoms with Crippen LogP contribution in [0.25, 0.3) is 0 Å². The van der Waals surface area contributed by atoms with E-state index in [2.05, 4.69) is 24.2 Å². The van der Waals surface area contributed by atoms with Gasteiger partial charge in [-0.1, -0.05) is 19.1 Å². The second-order valence-electron chi connectivity index (χ2n) is 5.71. The minimum atomic E-state index is -0.00804. The fourth-order valence-corrected chi connectivity index (χ4v) is 2.83. The zero-order chi connectivity index (χ0) is 15.2. The molecule has 1 aromatic rings. The number of hydrogen-bond acceptors (Lipinski definition) is 3. The van der Waals surface area contributed by atoms with E-state index in [9.17, 15) is 4.79 Å². The Morgan fingerprint density at radius 2 is 2.24 bits per heavy atom. The van der Waals surface area contributed by atoms with Gasteiger partial charge in [0, 0.05) is 31.4 Å². The van der Waals surface area contributed by atoms with Crippen molar-refractivity contribution in [2.75, 3.05) is 32.0 Å². The highest BCUT2D eigenvalue weighted by Gasteiger charge is 2.26. The predicted molar refractivity (Wildman–Crippen MR) is 86.3 cm³/mol. The van der Waals surface area contributed by atoms with Gasteiger partial charge in [-0.25, -0.2) is 4.79 Å². The maximum absolute atomic E-state index is 12.6. The summed E-state index contributed by atoms with van der Waals surface area (Å²) in [4.78, 5) is 16.8. The minimum Gasteiger partial charge on any atom is -0.326 e. The van der Waals surface area contributed by atoms with Crippen molar-refractivity contribution in [2.45, 2.75) is 32.4 Å². The zero-order valence-corrected chi connectivity index (χ0v) is 13.0. The summed E-state index contributed by atoms with van der Waals surface area (Å²) < 4.78 is 0. The van der Waals surface area contributed by atoms with Gasteiger partial charge in [0.1, 0.15) is 0 Å². The number of likely N-dealkylation sites (N-methyl/N-ethyl adjacent to an activating group) is 1. The van der Waals surface area contributed by atoms with Crippen molar-refractivity contribution in [1.82, 2.24) is 9.80 Å². The number of urea groups is 1. The Morgan fingerprint density at radius 1 is 1.43 bits per heavy atom. The van der Waals surface area contributed by atoms with Crippen LogP contribution in [0.3, 0.4) is 0 Å². The number of rotatable bonds is 3. The van der Waals surface area contributed by atoms with Crippen LogP contribution in [-0.4, -0.2) is 48.6 Å². The number of nitrogens with one attached hydrogen (secondary N) is 1. The summed E-state index contributed by atoms with van der Waals surface area (Å²) >= 11 is 0. The average Bonchev–Trinajstić information content (AvgIpc) is 2.68. The molecule has 5 nitrogen and oxygen atoms in total. The Labute approximate surface area is 127 Å². The lowest BCUT2D eigenvalue weighted by Gasteiger charge is -2.30. The molecular weight excluding hydrogens is 264 g/mol. The standard InChI is InChI=1S/C16H26N4O/c1-3-15-12-19(2)8-5-9-20(15)16(21)18-14-7-4-6-13(10-14)11-17/h4,6-7,10,15H,3,5,8-9,11-12,17H2,1-2H3,(H,18,21). The molecule has 1 aliphatic rings. The predicted octanol–water partition coefficient (Wildman–Crippen LogP) is 2.09. The van der Waals surface area contributed by atoms with Crippen LogP contribution in [-0.2, 0) is 6.54 Å². The molecule has 1 atom stereocenters. The third-order valence-corrected chi connectivity index (χ3v) is 4.05. The molecule has 1 fully saturated rings. The third kappa shape index (κ3) is 4.19. The van der Waals surface area contributed by atoms with Crippen LogP contribution >= 0.6 is 0 Å². The number of carbonyl (C=O) groups is 1. The summed E-state index contributed by atoms with van der Waals surface area (Å²) in [6.45, 7) is 5.41. The summed E-state index contributed by atoms with van der Waals surface area (Å²) in [5.74, 6) is 0. The quantitative estimate of drug-likeness (QED) is 0.896. The molecule has 2 rings (SSSR count). The molecule has 0 saturated carbocycles. The van der Waals surface area contributed by atoms with Gasteiger partial charge in [0.2, 0.25) is 0 Å². The summed E-state index contributed by atoms with van der Waals surface area (Å²) in [5.41, 5.74) is 7.48. The van der Waals surface area contributed by atoms with Crippen LogP contribution in [0.15, 0.2) is 24.3 Å². The number of nitrogens with zero attached hydrogens (tertiary/aromatic N) is 2. The molecule has 1 aliphatic heterocycles. The van der Waals surface area contributed by atoms with E-state index < -0.39 is 0 Å². The highest BCUT2D eigenvalue weighted by molar-refractivity contribution is 5.89. The smallest absolute Gasteiger partial charge is 0.322 e. The van der Waals surface area contributed by atoms with Gasteiger partial charge in [0.05, 0.1) is 0 Å². The molecule has 3 N–H and O–H groups in total. The molecule has 0 spiro atoms. The molecule has 1 heterocycles. The second-order valence-corrected chi connectivity index (χ2v) is 5.71. The number of hydrogen-bond donors (Lipinski definition) is 2. The fraction of sp³-hybridized carbons (Fsp3) is 0.562. The van der Waals surface area contributed by atoms with Crippen molar-refractivity contribution in [3.8, 4) is 0 Å². The van der Waals surface area contributed by atoms with Gasteiger partial charge in [-0.3, -0.25) is 0 Å². The van der Waals surface area contributed by atoms with E-state index in [1.165, 1.54) is 0 Å². The van der Waals surface area contributed by atoms with Crippen LogP contribution in [0, 0.1) is 0 Å². The topological polar surface area (TPSA) is 61.6 Å². The number of carbonyl (C=O) groups excluding carboxylic acids is 1. The molecule has 2 amide bonds. The van der Waals surface area contributed by atoms with Gasteiger partial charge in [0.25, 0.3) is 0 Å². The Bertz CT molecular complexity index is 477. The molecule has 0 aromatic heterocycles. The number of amides is 2. The lowest BCUT2D eigenvalue weighted by Crippen LogP contribution is -2.45. The summed E-state index contributed by atoms with van der Waals surface area (Å²) in [5, 5.41) is 3.01. The van der Waals surface area contributed by atoms with Gasteiger partial charge in [-0.15, -0.1) is 0 Å². The number of anilines is 1. The van der Waals surface area contributed by atoms with E-state index in [0.29, 0.717) is 6.54 Å². The molecule has 0 bridgehead atoms. The Balaban J connectivity index is 2.06. The van der Waals surface area contributed by atoms with Gasteiger partial charge in [-0.05, 0) is 44.1 Å². The van der Waals surface area contributed by atoms with Gasteiger partial charge < -0.3 is 20.9 Å². The van der Waals surface area contributed by atoms with E-state index in [1.54, 1.807) is 0 Å². The Kier molecular flexibility index (Phi) is 5.59. The summed E-state index contributed by atoms with van der Waals surface area (Å²) in [7, 11) is 2.12. The first-order chi connectivity index (χ1) is 10.1. The zero-order valence-electron chi connectivity index (χ0n) is 13.0. The fourth-order valence-electron chi connectivity index (χ4n) is 2.83. The van der Waals surface area contributed by atoms with Crippen LogP contribution in [0.5, 0.6) is 0 Å². The molecular formula is C16H26N4O. The first-order valence-electron chi connectivity index (χ1n) is 7.69. The van der Waals surface area contributed by atoms with Crippen molar-refractivity contribution in [3.63, 3.8) is 0 Å². The van der Waals surface area contributed by atoms with Crippen molar-refractivity contribution < 1.29 is 4.79 Å². The van der Waals surface area contributed by atoms with Crippen LogP contribution in [0.2, 0.25) is 0 Å². The molecule has 116 valence electrons. The summed E-state index contributed by atoms with van der Waals surface area (Å²) in [6, 6.07) is 7.99. The lowest BCUT2D eigenvalue weighted by atomic mass is 10.2. The van der Waals surface area contributed by atoms with E-state index >= 15 is 0 Å². The molecule has 1 unspecified atom stereocenters. The Hall–Kier alpha value is -1.59. The van der Waals surface area contributed by atoms with E-state index in [1.807, 2.05) is 29.2 Å². The van der Waals surface area contributed by atoms with Crippen LogP contribution < -0.4 is 11.1 Å². The first kappa shape index (κ1) is 15.8. The van der Waals surface area contributed by atoms with E-state index in [4.69, 9.17) is 5.73 Å². The summed E-state index contributed by atoms with van der Waals surface area (Å²) in [6.07, 6.45) is 1.99. The normalized spacial score (nSPS) is 20.1. The van der Waals surface area contributed by atoms with Crippen molar-refractivity contribution in [3.05, 3.63) is 29.8 Å². The van der Waals surface area contributed by atoms with Crippen LogP contribution in [0.4, 0.5) is 10.5 Å². The molecule has 5 heteroatoms. The molecule has 21 heavy (non-hydrogen) atoms. The SMILES string of the molecule is CCC1CN(C)CCCN1C(=O)Nc1cccc(CN)c1. The van der Waals surface area contributed by atoms with Crippen molar-refractivity contribution >= 4 is 11.7 Å². The van der Waals surface area contributed by atoms with Gasteiger partial charge >= 0.3 is 6.03 Å². The Morgan fingerprint density at radius 3 is 2.95 bits per heavy atom. The number of benzene rings is 1. The average molecular weight is 290 g/mol. The maximum atomic E-state index is 12.6. The van der Waals surface area contributed by atoms with E-state index in [-0.39, 0.29) is 12.1 Å². The van der Waals surface area contributed by atoms with Gasteiger partial charge in [-0.2, -0.15) is 0 Å².